The fourth-order valence-corrected chi connectivity index (χ4v) is 5.53. The molecule has 1 N–H and O–H groups in total. The Morgan fingerprint density at radius 3 is 2.70 bits per heavy atom. The van der Waals surface area contributed by atoms with E-state index in [0.29, 0.717) is 17.4 Å². The highest BCUT2D eigenvalue weighted by molar-refractivity contribution is 7.80. The SMILES string of the molecule is COc1ccc(/C=C2/NC(=S)N(C3CCCCC3)C2=O)cc1COc1ccc2c(c1)CCC2. The lowest BCUT2D eigenvalue weighted by molar-refractivity contribution is -0.124. The smallest absolute Gasteiger partial charge is 0.276 e. The number of fused-ring (bicyclic) bond motifs is 1. The van der Waals surface area contributed by atoms with Gasteiger partial charge in [-0.15, -0.1) is 0 Å². The normalized spacial score (nSPS) is 19.7. The largest absolute Gasteiger partial charge is 0.496 e. The molecule has 172 valence electrons. The molecule has 2 aromatic carbocycles. The minimum Gasteiger partial charge on any atom is -0.496 e. The van der Waals surface area contributed by atoms with Crippen LogP contribution in [0.15, 0.2) is 42.1 Å². The molecular weight excluding hydrogens is 432 g/mol. The molecule has 33 heavy (non-hydrogen) atoms. The second-order valence-corrected chi connectivity index (χ2v) is 9.49. The third-order valence-electron chi connectivity index (χ3n) is 6.93. The van der Waals surface area contributed by atoms with Crippen molar-refractivity contribution in [1.82, 2.24) is 10.2 Å². The van der Waals surface area contributed by atoms with Crippen molar-refractivity contribution in [2.24, 2.45) is 0 Å². The average Bonchev–Trinajstić information content (AvgIpc) is 3.41. The number of hydrogen-bond acceptors (Lipinski definition) is 4. The predicted octanol–water partition coefficient (Wildman–Crippen LogP) is 5.15. The molecule has 0 unspecified atom stereocenters. The quantitative estimate of drug-likeness (QED) is 0.475. The van der Waals surface area contributed by atoms with Crippen LogP contribution >= 0.6 is 12.2 Å². The van der Waals surface area contributed by atoms with Crippen molar-refractivity contribution in [1.29, 1.82) is 0 Å². The summed E-state index contributed by atoms with van der Waals surface area (Å²) in [6.45, 7) is 0.396. The summed E-state index contributed by atoms with van der Waals surface area (Å²) in [5, 5.41) is 3.66. The van der Waals surface area contributed by atoms with Crippen molar-refractivity contribution in [3.05, 3.63) is 64.3 Å². The standard InChI is InChI=1S/C27H30N2O3S/c1-31-25-13-10-18(14-21(25)17-32-23-12-11-19-6-5-7-20(19)16-23)15-24-26(30)29(27(33)28-24)22-8-3-2-4-9-22/h10-16,22H,2-9,17H2,1H3,(H,28,33)/b24-15+. The van der Waals surface area contributed by atoms with Crippen molar-refractivity contribution in [2.45, 2.75) is 64.0 Å². The molecule has 0 bridgehead atoms. The van der Waals surface area contributed by atoms with Crippen molar-refractivity contribution in [3.63, 3.8) is 0 Å². The molecule has 1 saturated heterocycles. The lowest BCUT2D eigenvalue weighted by Gasteiger charge is -2.29. The fourth-order valence-electron chi connectivity index (χ4n) is 5.19. The number of benzene rings is 2. The molecule has 0 spiro atoms. The zero-order chi connectivity index (χ0) is 22.8. The minimum absolute atomic E-state index is 0.0290. The summed E-state index contributed by atoms with van der Waals surface area (Å²) in [7, 11) is 1.66. The lowest BCUT2D eigenvalue weighted by atomic mass is 9.94. The van der Waals surface area contributed by atoms with E-state index in [4.69, 9.17) is 21.7 Å². The van der Waals surface area contributed by atoms with Crippen molar-refractivity contribution < 1.29 is 14.3 Å². The number of carbonyl (C=O) groups is 1. The van der Waals surface area contributed by atoms with Gasteiger partial charge in [0.15, 0.2) is 5.11 Å². The molecule has 1 aliphatic heterocycles. The third kappa shape index (κ3) is 4.62. The van der Waals surface area contributed by atoms with Gasteiger partial charge >= 0.3 is 0 Å². The first kappa shape index (κ1) is 22.0. The molecule has 2 fully saturated rings. The number of amides is 1. The van der Waals surface area contributed by atoms with Crippen LogP contribution in [-0.4, -0.2) is 29.1 Å². The topological polar surface area (TPSA) is 50.8 Å². The molecule has 3 aliphatic rings. The van der Waals surface area contributed by atoms with Crippen LogP contribution < -0.4 is 14.8 Å². The van der Waals surface area contributed by atoms with Crippen LogP contribution in [0.25, 0.3) is 6.08 Å². The van der Waals surface area contributed by atoms with E-state index in [1.54, 1.807) is 12.0 Å². The van der Waals surface area contributed by atoms with Gasteiger partial charge in [-0.1, -0.05) is 31.4 Å². The number of nitrogens with one attached hydrogen (secondary N) is 1. The van der Waals surface area contributed by atoms with E-state index in [1.165, 1.54) is 24.0 Å². The molecule has 1 saturated carbocycles. The molecular formula is C27H30N2O3S. The molecule has 1 heterocycles. The van der Waals surface area contributed by atoms with Gasteiger partial charge in [0.25, 0.3) is 5.91 Å². The summed E-state index contributed by atoms with van der Waals surface area (Å²) >= 11 is 5.50. The van der Waals surface area contributed by atoms with Gasteiger partial charge in [0.1, 0.15) is 23.8 Å². The van der Waals surface area contributed by atoms with Crippen LogP contribution in [0.1, 0.15) is 60.8 Å². The van der Waals surface area contributed by atoms with Crippen molar-refractivity contribution in [2.75, 3.05) is 7.11 Å². The van der Waals surface area contributed by atoms with Gasteiger partial charge in [0, 0.05) is 11.6 Å². The minimum atomic E-state index is -0.0290. The van der Waals surface area contributed by atoms with Gasteiger partial charge < -0.3 is 14.8 Å². The molecule has 0 atom stereocenters. The predicted molar refractivity (Wildman–Crippen MR) is 133 cm³/mol. The Hall–Kier alpha value is -2.86. The summed E-state index contributed by atoms with van der Waals surface area (Å²) in [6.07, 6.45) is 11.0. The summed E-state index contributed by atoms with van der Waals surface area (Å²) in [4.78, 5) is 14.9. The Labute approximate surface area is 200 Å². The van der Waals surface area contributed by atoms with Crippen LogP contribution in [0.2, 0.25) is 0 Å². The highest BCUT2D eigenvalue weighted by atomic mass is 32.1. The Morgan fingerprint density at radius 2 is 1.88 bits per heavy atom. The summed E-state index contributed by atoms with van der Waals surface area (Å²) in [5.74, 6) is 1.62. The van der Waals surface area contributed by atoms with Crippen molar-refractivity contribution in [3.8, 4) is 11.5 Å². The molecule has 5 nitrogen and oxygen atoms in total. The monoisotopic (exact) mass is 462 g/mol. The van der Waals surface area contributed by atoms with E-state index in [2.05, 4.69) is 17.4 Å². The maximum atomic E-state index is 13.1. The highest BCUT2D eigenvalue weighted by Crippen LogP contribution is 2.29. The first-order valence-corrected chi connectivity index (χ1v) is 12.3. The van der Waals surface area contributed by atoms with Crippen LogP contribution in [0, 0.1) is 0 Å². The van der Waals surface area contributed by atoms with Gasteiger partial charge in [0.05, 0.1) is 7.11 Å². The molecule has 0 radical (unpaired) electrons. The van der Waals surface area contributed by atoms with Gasteiger partial charge in [-0.2, -0.15) is 0 Å². The summed E-state index contributed by atoms with van der Waals surface area (Å²) in [6, 6.07) is 12.5. The molecule has 2 aliphatic carbocycles. The molecule has 1 amide bonds. The molecule has 6 heteroatoms. The number of rotatable bonds is 6. The maximum absolute atomic E-state index is 13.1. The van der Waals surface area contributed by atoms with E-state index in [9.17, 15) is 4.79 Å². The Balaban J connectivity index is 1.33. The van der Waals surface area contributed by atoms with Gasteiger partial charge in [-0.3, -0.25) is 9.69 Å². The number of nitrogens with zero attached hydrogens (tertiary/aromatic N) is 1. The first-order valence-electron chi connectivity index (χ1n) is 11.9. The highest BCUT2D eigenvalue weighted by Gasteiger charge is 2.36. The van der Waals surface area contributed by atoms with Gasteiger partial charge in [-0.25, -0.2) is 0 Å². The fraction of sp³-hybridized carbons (Fsp3) is 0.407. The number of carbonyl (C=O) groups excluding carboxylic acids is 1. The van der Waals surface area contributed by atoms with Crippen LogP contribution in [0.3, 0.4) is 0 Å². The average molecular weight is 463 g/mol. The van der Waals surface area contributed by atoms with Gasteiger partial charge in [-0.05, 0) is 91.4 Å². The third-order valence-corrected chi connectivity index (χ3v) is 7.23. The van der Waals surface area contributed by atoms with E-state index in [0.717, 1.165) is 61.2 Å². The van der Waals surface area contributed by atoms with E-state index < -0.39 is 0 Å². The summed E-state index contributed by atoms with van der Waals surface area (Å²) < 4.78 is 11.7. The zero-order valence-electron chi connectivity index (χ0n) is 19.1. The van der Waals surface area contributed by atoms with Crippen LogP contribution in [0.5, 0.6) is 11.5 Å². The Kier molecular flexibility index (Phi) is 6.36. The first-order chi connectivity index (χ1) is 16.1. The zero-order valence-corrected chi connectivity index (χ0v) is 19.9. The van der Waals surface area contributed by atoms with E-state index >= 15 is 0 Å². The van der Waals surface area contributed by atoms with E-state index in [1.807, 2.05) is 30.3 Å². The number of hydrogen-bond donors (Lipinski definition) is 1. The number of ether oxygens (including phenoxy) is 2. The molecule has 2 aromatic rings. The lowest BCUT2D eigenvalue weighted by Crippen LogP contribution is -2.41. The number of thiocarbonyl (C=S) groups is 1. The van der Waals surface area contributed by atoms with E-state index in [-0.39, 0.29) is 11.9 Å². The maximum Gasteiger partial charge on any atom is 0.276 e. The van der Waals surface area contributed by atoms with Crippen LogP contribution in [-0.2, 0) is 24.2 Å². The second-order valence-electron chi connectivity index (χ2n) is 9.10. The number of methoxy groups -OCH3 is 1. The Bertz CT molecular complexity index is 1100. The van der Waals surface area contributed by atoms with Crippen molar-refractivity contribution >= 4 is 29.3 Å². The van der Waals surface area contributed by atoms with Crippen LogP contribution in [0.4, 0.5) is 0 Å². The Morgan fingerprint density at radius 1 is 1.06 bits per heavy atom. The molecule has 0 aromatic heterocycles. The number of aryl methyl sites for hydroxylation is 2. The summed E-state index contributed by atoms with van der Waals surface area (Å²) in [5.41, 5.74) is 5.20. The second kappa shape index (κ2) is 9.56. The molecule has 5 rings (SSSR count). The van der Waals surface area contributed by atoms with Gasteiger partial charge in [0.2, 0.25) is 0 Å².